The molecule has 234 valence electrons. The van der Waals surface area contributed by atoms with Crippen molar-refractivity contribution in [3.63, 3.8) is 0 Å². The van der Waals surface area contributed by atoms with Gasteiger partial charge in [-0.05, 0) is 72.9 Å². The Bertz CT molecular complexity index is 1840. The van der Waals surface area contributed by atoms with Crippen LogP contribution < -0.4 is 40.3 Å². The largest absolute Gasteiger partial charge is 0.497 e. The molecule has 5 rings (SSSR count). The van der Waals surface area contributed by atoms with Crippen molar-refractivity contribution in [2.75, 3.05) is 39.1 Å². The molecule has 0 bridgehead atoms. The van der Waals surface area contributed by atoms with Crippen LogP contribution in [0.1, 0.15) is 37.4 Å². The highest BCUT2D eigenvalue weighted by molar-refractivity contribution is 5.97. The van der Waals surface area contributed by atoms with Crippen LogP contribution in [0.2, 0.25) is 0 Å². The third-order valence-electron chi connectivity index (χ3n) is 7.84. The Kier molecular flexibility index (Phi) is 9.08. The van der Waals surface area contributed by atoms with Crippen molar-refractivity contribution in [1.82, 2.24) is 10.3 Å². The van der Waals surface area contributed by atoms with Crippen molar-refractivity contribution in [3.05, 3.63) is 76.1 Å². The molecule has 1 heterocycles. The van der Waals surface area contributed by atoms with Gasteiger partial charge in [0.1, 0.15) is 11.8 Å². The molecule has 1 aliphatic carbocycles. The number of methoxy groups -OCH3 is 4. The first-order valence-electron chi connectivity index (χ1n) is 14.5. The highest BCUT2D eigenvalue weighted by Gasteiger charge is 2.29. The topological polar surface area (TPSA) is 137 Å². The number of anilines is 2. The highest BCUT2D eigenvalue weighted by Crippen LogP contribution is 2.50. The zero-order valence-electron chi connectivity index (χ0n) is 26.1. The van der Waals surface area contributed by atoms with Gasteiger partial charge < -0.3 is 34.9 Å². The minimum atomic E-state index is -0.774. The van der Waals surface area contributed by atoms with Crippen molar-refractivity contribution in [2.45, 2.75) is 38.8 Å². The van der Waals surface area contributed by atoms with Gasteiger partial charge in [0.25, 0.3) is 0 Å². The summed E-state index contributed by atoms with van der Waals surface area (Å²) in [5, 5.41) is 9.77. The van der Waals surface area contributed by atoms with Crippen LogP contribution in [0, 0.1) is 0 Å². The normalized spacial score (nSPS) is 14.2. The van der Waals surface area contributed by atoms with Gasteiger partial charge in [-0.15, -0.1) is 0 Å². The predicted octanol–water partition coefficient (Wildman–Crippen LogP) is 4.86. The molecule has 0 unspecified atom stereocenters. The summed E-state index contributed by atoms with van der Waals surface area (Å²) in [4.78, 5) is 43.5. The van der Waals surface area contributed by atoms with Gasteiger partial charge in [-0.25, -0.2) is 0 Å². The first kappa shape index (κ1) is 31.1. The minimum Gasteiger partial charge on any atom is -0.497 e. The van der Waals surface area contributed by atoms with Gasteiger partial charge in [-0.1, -0.05) is 6.07 Å². The van der Waals surface area contributed by atoms with Gasteiger partial charge in [-0.2, -0.15) is 0 Å². The molecule has 4 aromatic rings. The van der Waals surface area contributed by atoms with Crippen LogP contribution in [0.15, 0.2) is 59.5 Å². The van der Waals surface area contributed by atoms with Crippen LogP contribution in [0.5, 0.6) is 23.0 Å². The molecule has 2 amide bonds. The molecule has 0 aliphatic heterocycles. The van der Waals surface area contributed by atoms with Crippen LogP contribution in [-0.2, 0) is 16.0 Å². The summed E-state index contributed by atoms with van der Waals surface area (Å²) in [5.41, 5.74) is 4.12. The van der Waals surface area contributed by atoms with E-state index < -0.39 is 12.1 Å². The molecule has 1 aromatic heterocycles. The Morgan fingerprint density at radius 1 is 0.933 bits per heavy atom. The molecular formula is C34H36N4O7. The number of nitrogens with zero attached hydrogens (tertiary/aromatic N) is 1. The van der Waals surface area contributed by atoms with Gasteiger partial charge >= 0.3 is 0 Å². The lowest BCUT2D eigenvalue weighted by molar-refractivity contribution is -0.119. The standard InChI is InChI=1S/C34H36N4O7/c1-18(34(41)38-22-13-20-7-9-23(42-3)15-28(20)35-17-22)36-27-12-10-24-25(16-29(27)40)26(37-19(2)39)11-8-21-14-30(43-4)32(44-5)33(45-6)31(21)24/h7,9-10,12-18,26H,8,11H2,1-6H3,(H,36,40)(H,37,39)(H,38,41)/t18-,26+/m1/s1. The molecule has 0 fully saturated rings. The number of amides is 2. The number of fused-ring (bicyclic) bond motifs is 4. The van der Waals surface area contributed by atoms with E-state index in [1.54, 1.807) is 46.6 Å². The fourth-order valence-electron chi connectivity index (χ4n) is 5.67. The maximum atomic E-state index is 13.6. The molecule has 1 aliphatic rings. The van der Waals surface area contributed by atoms with E-state index in [-0.39, 0.29) is 22.9 Å². The maximum absolute atomic E-state index is 13.6. The van der Waals surface area contributed by atoms with Gasteiger partial charge in [-0.3, -0.25) is 19.4 Å². The summed E-state index contributed by atoms with van der Waals surface area (Å²) in [5.74, 6) is 1.51. The quantitative estimate of drug-likeness (QED) is 0.242. The number of hydrogen-bond donors (Lipinski definition) is 3. The number of rotatable bonds is 9. The molecule has 0 saturated heterocycles. The van der Waals surface area contributed by atoms with Crippen molar-refractivity contribution in [3.8, 4) is 34.1 Å². The number of hydrogen-bond acceptors (Lipinski definition) is 9. The summed E-state index contributed by atoms with van der Waals surface area (Å²) >= 11 is 0. The van der Waals surface area contributed by atoms with E-state index in [9.17, 15) is 14.4 Å². The zero-order chi connectivity index (χ0) is 32.2. The molecule has 3 N–H and O–H groups in total. The Labute approximate surface area is 260 Å². The van der Waals surface area contributed by atoms with Crippen molar-refractivity contribution < 1.29 is 28.5 Å². The average Bonchev–Trinajstić information content (AvgIpc) is 3.27. The number of carbonyl (C=O) groups is 2. The second-order valence-electron chi connectivity index (χ2n) is 10.7. The van der Waals surface area contributed by atoms with E-state index in [4.69, 9.17) is 18.9 Å². The Morgan fingerprint density at radius 3 is 2.40 bits per heavy atom. The molecule has 11 nitrogen and oxygen atoms in total. The van der Waals surface area contributed by atoms with E-state index in [0.29, 0.717) is 52.7 Å². The van der Waals surface area contributed by atoms with Crippen LogP contribution in [-0.4, -0.2) is 51.3 Å². The number of aryl methyl sites for hydroxylation is 1. The minimum absolute atomic E-state index is 0.219. The van der Waals surface area contributed by atoms with Gasteiger partial charge in [0.05, 0.1) is 57.6 Å². The third-order valence-corrected chi connectivity index (χ3v) is 7.84. The molecule has 0 saturated carbocycles. The number of ether oxygens (including phenoxy) is 4. The summed E-state index contributed by atoms with van der Waals surface area (Å²) in [6, 6.07) is 13.0. The smallest absolute Gasteiger partial charge is 0.246 e. The number of aromatic nitrogens is 1. The van der Waals surface area contributed by atoms with Gasteiger partial charge in [0.15, 0.2) is 11.5 Å². The summed E-state index contributed by atoms with van der Waals surface area (Å²) in [6.45, 7) is 3.11. The third kappa shape index (κ3) is 6.33. The Hall–Kier alpha value is -5.32. The lowest BCUT2D eigenvalue weighted by Crippen LogP contribution is -2.33. The van der Waals surface area contributed by atoms with E-state index in [1.165, 1.54) is 20.1 Å². The van der Waals surface area contributed by atoms with Crippen molar-refractivity contribution in [1.29, 1.82) is 0 Å². The van der Waals surface area contributed by atoms with Crippen LogP contribution in [0.4, 0.5) is 11.4 Å². The predicted molar refractivity (Wildman–Crippen MR) is 173 cm³/mol. The summed E-state index contributed by atoms with van der Waals surface area (Å²) < 4.78 is 22.3. The summed E-state index contributed by atoms with van der Waals surface area (Å²) in [6.07, 6.45) is 2.69. The number of benzene rings is 2. The average molecular weight is 613 g/mol. The van der Waals surface area contributed by atoms with E-state index in [0.717, 1.165) is 22.0 Å². The fraction of sp³-hybridized carbons (Fsp3) is 0.294. The molecule has 0 radical (unpaired) electrons. The molecule has 3 aromatic carbocycles. The Morgan fingerprint density at radius 2 is 1.71 bits per heavy atom. The highest BCUT2D eigenvalue weighted by atomic mass is 16.5. The molecular weight excluding hydrogens is 576 g/mol. The lowest BCUT2D eigenvalue weighted by Gasteiger charge is -2.19. The second kappa shape index (κ2) is 13.1. The van der Waals surface area contributed by atoms with E-state index >= 15 is 0 Å². The SMILES string of the molecule is COc1ccc2cc(NC(=O)[C@@H](C)Nc3ccc4c(cc3=O)[C@@H](NC(C)=O)CCc3cc(OC)c(OC)c(OC)c3-4)cnc2c1. The summed E-state index contributed by atoms with van der Waals surface area (Å²) in [7, 11) is 6.23. The second-order valence-corrected chi connectivity index (χ2v) is 10.7. The molecule has 11 heteroatoms. The molecule has 0 spiro atoms. The Balaban J connectivity index is 1.50. The van der Waals surface area contributed by atoms with Crippen molar-refractivity contribution in [2.24, 2.45) is 0 Å². The number of nitrogens with one attached hydrogen (secondary N) is 3. The van der Waals surface area contributed by atoms with E-state index in [1.807, 2.05) is 30.3 Å². The van der Waals surface area contributed by atoms with Gasteiger partial charge in [0.2, 0.25) is 23.0 Å². The van der Waals surface area contributed by atoms with E-state index in [2.05, 4.69) is 20.9 Å². The maximum Gasteiger partial charge on any atom is 0.246 e. The number of carbonyl (C=O) groups excluding carboxylic acids is 2. The number of pyridine rings is 1. The molecule has 2 atom stereocenters. The lowest BCUT2D eigenvalue weighted by atomic mass is 9.95. The van der Waals surface area contributed by atoms with Crippen molar-refractivity contribution >= 4 is 34.1 Å². The zero-order valence-corrected chi connectivity index (χ0v) is 26.1. The van der Waals surface area contributed by atoms with Crippen LogP contribution in [0.3, 0.4) is 0 Å². The first-order chi connectivity index (χ1) is 21.7. The van der Waals surface area contributed by atoms with Gasteiger partial charge in [0, 0.05) is 23.9 Å². The first-order valence-corrected chi connectivity index (χ1v) is 14.5. The molecule has 45 heavy (non-hydrogen) atoms. The fourth-order valence-corrected chi connectivity index (χ4v) is 5.67. The monoisotopic (exact) mass is 612 g/mol. The van der Waals surface area contributed by atoms with Crippen LogP contribution >= 0.6 is 0 Å². The van der Waals surface area contributed by atoms with Crippen LogP contribution in [0.25, 0.3) is 22.0 Å².